The highest BCUT2D eigenvalue weighted by atomic mass is 35.5. The molecular formula is C32H38ClF3N4O8S. The summed E-state index contributed by atoms with van der Waals surface area (Å²) in [5.41, 5.74) is -0.0625. The summed E-state index contributed by atoms with van der Waals surface area (Å²) in [7, 11) is -4.22. The van der Waals surface area contributed by atoms with Crippen LogP contribution in [0.15, 0.2) is 53.4 Å². The Balaban J connectivity index is 1.74. The fourth-order valence-corrected chi connectivity index (χ4v) is 6.03. The van der Waals surface area contributed by atoms with Crippen molar-refractivity contribution in [1.82, 2.24) is 20.3 Å². The second kappa shape index (κ2) is 16.6. The standard InChI is InChI=1S/C32H38ClF3N4O8S/c1-18(2)26(28(42)32(34,35)36)37-25(41)17-40(16-23-6-5-15-48-23)31(45)27(19(3)4)38-29(43)20-7-9-21(10-8-20)30(44)39-49(46,47)24-13-11-22(33)12-14-24/h7-14,18-19,23,26-27H,5-6,15-17H2,1-4H3,(H,37,41)(H,38,43)(H,39,44)/t23?,26?,27-/m0/s1. The first-order valence-electron chi connectivity index (χ1n) is 15.3. The number of nitrogens with one attached hydrogen (secondary N) is 3. The van der Waals surface area contributed by atoms with Crippen molar-refractivity contribution in [3.8, 4) is 0 Å². The molecule has 2 aromatic carbocycles. The summed E-state index contributed by atoms with van der Waals surface area (Å²) in [6, 6.07) is 7.02. The monoisotopic (exact) mass is 730 g/mol. The highest BCUT2D eigenvalue weighted by Crippen LogP contribution is 2.22. The first-order valence-corrected chi connectivity index (χ1v) is 17.2. The molecule has 0 saturated carbocycles. The molecule has 2 aromatic rings. The summed E-state index contributed by atoms with van der Waals surface area (Å²) in [5.74, 6) is -6.93. The second-order valence-electron chi connectivity index (χ2n) is 12.2. The molecule has 3 rings (SSSR count). The summed E-state index contributed by atoms with van der Waals surface area (Å²) in [6.45, 7) is 5.59. The van der Waals surface area contributed by atoms with E-state index in [1.807, 2.05) is 4.72 Å². The zero-order valence-corrected chi connectivity index (χ0v) is 28.7. The molecule has 0 aliphatic carbocycles. The number of nitrogens with zero attached hydrogens (tertiary/aromatic N) is 1. The molecule has 2 unspecified atom stereocenters. The third kappa shape index (κ3) is 11.0. The van der Waals surface area contributed by atoms with Crippen LogP contribution in [-0.4, -0.2) is 86.8 Å². The highest BCUT2D eigenvalue weighted by molar-refractivity contribution is 7.90. The predicted molar refractivity (Wildman–Crippen MR) is 172 cm³/mol. The SMILES string of the molecule is CC(C)C(NC(=O)CN(CC1CCCO1)C(=O)[C@@H](NC(=O)c1ccc(C(=O)NS(=O)(=O)c2ccc(Cl)cc2)cc1)C(C)C)C(=O)C(F)(F)F. The van der Waals surface area contributed by atoms with E-state index in [1.165, 1.54) is 62.4 Å². The molecule has 0 bridgehead atoms. The van der Waals surface area contributed by atoms with Crippen molar-refractivity contribution in [2.45, 2.75) is 69.8 Å². The van der Waals surface area contributed by atoms with Gasteiger partial charge in [0, 0.05) is 29.3 Å². The van der Waals surface area contributed by atoms with Crippen molar-refractivity contribution in [2.24, 2.45) is 11.8 Å². The second-order valence-corrected chi connectivity index (χ2v) is 14.3. The van der Waals surface area contributed by atoms with Crippen molar-refractivity contribution in [3.63, 3.8) is 0 Å². The number of rotatable bonds is 14. The van der Waals surface area contributed by atoms with Gasteiger partial charge >= 0.3 is 6.18 Å². The van der Waals surface area contributed by atoms with Crippen LogP contribution in [0.3, 0.4) is 0 Å². The Morgan fingerprint density at radius 3 is 1.92 bits per heavy atom. The molecule has 268 valence electrons. The van der Waals surface area contributed by atoms with Gasteiger partial charge in [0.25, 0.3) is 27.6 Å². The summed E-state index contributed by atoms with van der Waals surface area (Å²) >= 11 is 5.79. The number of amides is 4. The summed E-state index contributed by atoms with van der Waals surface area (Å²) < 4.78 is 72.1. The minimum atomic E-state index is -5.18. The van der Waals surface area contributed by atoms with Crippen molar-refractivity contribution < 1.29 is 50.3 Å². The van der Waals surface area contributed by atoms with E-state index in [9.17, 15) is 45.6 Å². The molecule has 3 N–H and O–H groups in total. The number of alkyl halides is 3. The van der Waals surface area contributed by atoms with Crippen LogP contribution in [0.5, 0.6) is 0 Å². The topological polar surface area (TPSA) is 168 Å². The Hall–Kier alpha value is -4.02. The van der Waals surface area contributed by atoms with Crippen LogP contribution in [0.1, 0.15) is 61.3 Å². The normalized spacial score (nSPS) is 16.2. The first kappa shape index (κ1) is 39.4. The van der Waals surface area contributed by atoms with Crippen molar-refractivity contribution in [1.29, 1.82) is 0 Å². The van der Waals surface area contributed by atoms with Gasteiger partial charge in [0.15, 0.2) is 0 Å². The smallest absolute Gasteiger partial charge is 0.376 e. The average molecular weight is 731 g/mol. The van der Waals surface area contributed by atoms with Crippen molar-refractivity contribution in [3.05, 3.63) is 64.7 Å². The fourth-order valence-electron chi connectivity index (χ4n) is 4.93. The van der Waals surface area contributed by atoms with Crippen molar-refractivity contribution in [2.75, 3.05) is 19.7 Å². The van der Waals surface area contributed by atoms with Gasteiger partial charge in [-0.15, -0.1) is 0 Å². The number of carbonyl (C=O) groups is 5. The van der Waals surface area contributed by atoms with E-state index in [0.717, 1.165) is 4.90 Å². The van der Waals surface area contributed by atoms with Gasteiger partial charge < -0.3 is 20.3 Å². The van der Waals surface area contributed by atoms with Crippen LogP contribution >= 0.6 is 11.6 Å². The number of Topliss-reactive ketones (excluding diaryl/α,β-unsaturated/α-hetero) is 1. The van der Waals surface area contributed by atoms with Crippen LogP contribution in [0.2, 0.25) is 5.02 Å². The molecule has 4 amide bonds. The minimum Gasteiger partial charge on any atom is -0.376 e. The molecule has 17 heteroatoms. The lowest BCUT2D eigenvalue weighted by Crippen LogP contribution is -2.56. The number of sulfonamides is 1. The fraction of sp³-hybridized carbons (Fsp3) is 0.469. The molecule has 0 radical (unpaired) electrons. The molecule has 1 heterocycles. The first-order chi connectivity index (χ1) is 22.8. The van der Waals surface area contributed by atoms with Gasteiger partial charge in [-0.05, 0) is 73.2 Å². The molecule has 1 saturated heterocycles. The number of halogens is 4. The molecule has 49 heavy (non-hydrogen) atoms. The number of hydrogen-bond donors (Lipinski definition) is 3. The lowest BCUT2D eigenvalue weighted by molar-refractivity contribution is -0.175. The Kier molecular flexibility index (Phi) is 13.3. The molecule has 0 spiro atoms. The van der Waals surface area contributed by atoms with E-state index >= 15 is 0 Å². The van der Waals surface area contributed by atoms with Gasteiger partial charge in [-0.3, -0.25) is 24.0 Å². The van der Waals surface area contributed by atoms with Crippen LogP contribution < -0.4 is 15.4 Å². The van der Waals surface area contributed by atoms with Gasteiger partial charge in [0.2, 0.25) is 11.8 Å². The molecule has 1 aliphatic rings. The van der Waals surface area contributed by atoms with Gasteiger partial charge in [0.1, 0.15) is 6.04 Å². The maximum absolute atomic E-state index is 13.8. The number of hydrogen-bond acceptors (Lipinski definition) is 8. The Bertz CT molecular complexity index is 1630. The predicted octanol–water partition coefficient (Wildman–Crippen LogP) is 3.49. The van der Waals surface area contributed by atoms with Gasteiger partial charge in [-0.2, -0.15) is 13.2 Å². The molecule has 0 aromatic heterocycles. The molecule has 1 fully saturated rings. The van der Waals surface area contributed by atoms with E-state index in [2.05, 4.69) is 10.6 Å². The van der Waals surface area contributed by atoms with Gasteiger partial charge in [0.05, 0.1) is 23.6 Å². The van der Waals surface area contributed by atoms with Gasteiger partial charge in [-0.1, -0.05) is 39.3 Å². The molecule has 1 aliphatic heterocycles. The number of benzene rings is 2. The number of carbonyl (C=O) groups excluding carboxylic acids is 5. The van der Waals surface area contributed by atoms with E-state index in [-0.39, 0.29) is 22.6 Å². The number of ether oxygens (including phenoxy) is 1. The van der Waals surface area contributed by atoms with Crippen molar-refractivity contribution >= 4 is 51.0 Å². The molecule has 3 atom stereocenters. The van der Waals surface area contributed by atoms with E-state index in [0.29, 0.717) is 24.5 Å². The summed E-state index contributed by atoms with van der Waals surface area (Å²) in [4.78, 5) is 65.5. The van der Waals surface area contributed by atoms with Crippen LogP contribution in [0.25, 0.3) is 0 Å². The third-order valence-electron chi connectivity index (χ3n) is 7.62. The lowest BCUT2D eigenvalue weighted by Gasteiger charge is -2.32. The molecular weight excluding hydrogens is 693 g/mol. The van der Waals surface area contributed by atoms with E-state index in [4.69, 9.17) is 16.3 Å². The zero-order valence-electron chi connectivity index (χ0n) is 27.2. The zero-order chi connectivity index (χ0) is 36.7. The quantitative estimate of drug-likeness (QED) is 0.266. The maximum atomic E-state index is 13.8. The minimum absolute atomic E-state index is 0.0180. The van der Waals surface area contributed by atoms with Crippen LogP contribution in [0, 0.1) is 11.8 Å². The Morgan fingerprint density at radius 1 is 0.878 bits per heavy atom. The van der Waals surface area contributed by atoms with E-state index < -0.39 is 82.2 Å². The Morgan fingerprint density at radius 2 is 1.43 bits per heavy atom. The van der Waals surface area contributed by atoms with Crippen LogP contribution in [-0.2, 0) is 29.1 Å². The van der Waals surface area contributed by atoms with Crippen LogP contribution in [0.4, 0.5) is 13.2 Å². The number of ketones is 1. The van der Waals surface area contributed by atoms with Gasteiger partial charge in [-0.25, -0.2) is 13.1 Å². The summed E-state index contributed by atoms with van der Waals surface area (Å²) in [5, 5.41) is 5.01. The maximum Gasteiger partial charge on any atom is 0.452 e. The lowest BCUT2D eigenvalue weighted by atomic mass is 9.99. The van der Waals surface area contributed by atoms with E-state index in [1.54, 1.807) is 13.8 Å². The highest BCUT2D eigenvalue weighted by Gasteiger charge is 2.45. The summed E-state index contributed by atoms with van der Waals surface area (Å²) in [6.07, 6.45) is -4.38. The molecule has 12 nitrogen and oxygen atoms in total. The third-order valence-corrected chi connectivity index (χ3v) is 9.22. The average Bonchev–Trinajstić information content (AvgIpc) is 3.54. The Labute approximate surface area is 287 Å². The largest absolute Gasteiger partial charge is 0.452 e.